The molecule has 7 aromatic carbocycles. The van der Waals surface area contributed by atoms with Gasteiger partial charge in [0.1, 0.15) is 5.82 Å². The van der Waals surface area contributed by atoms with Crippen LogP contribution >= 0.6 is 0 Å². The van der Waals surface area contributed by atoms with Crippen molar-refractivity contribution in [1.82, 2.24) is 29.5 Å². The van der Waals surface area contributed by atoms with Crippen LogP contribution in [0.1, 0.15) is 0 Å². The Kier molecular flexibility index (Phi) is 7.07. The summed E-state index contributed by atoms with van der Waals surface area (Å²) in [7, 11) is 0. The minimum absolute atomic E-state index is 0.622. The van der Waals surface area contributed by atoms with Crippen molar-refractivity contribution in [1.29, 1.82) is 0 Å². The minimum atomic E-state index is 0.622. The van der Waals surface area contributed by atoms with Crippen molar-refractivity contribution < 1.29 is 0 Å². The van der Waals surface area contributed by atoms with Crippen LogP contribution in [0.4, 0.5) is 0 Å². The van der Waals surface area contributed by atoms with E-state index in [2.05, 4.69) is 150 Å². The number of nitrogens with zero attached hydrogens (tertiary/aromatic N) is 6. The topological polar surface area (TPSA) is 69.4 Å². The van der Waals surface area contributed by atoms with Crippen LogP contribution in [-0.2, 0) is 0 Å². The van der Waals surface area contributed by atoms with Crippen molar-refractivity contribution in [2.75, 3.05) is 0 Å². The molecule has 0 aliphatic heterocycles. The number of fused-ring (bicyclic) bond motifs is 7. The molecule has 0 amide bonds. The summed E-state index contributed by atoms with van der Waals surface area (Å²) in [6.07, 6.45) is 3.65. The van der Waals surface area contributed by atoms with E-state index < -0.39 is 0 Å². The summed E-state index contributed by atoms with van der Waals surface area (Å²) in [6, 6.07) is 58.9. The zero-order valence-electron chi connectivity index (χ0n) is 29.5. The first-order valence-electron chi connectivity index (χ1n) is 18.3. The second-order valence-electron chi connectivity index (χ2n) is 13.7. The molecule has 11 aromatic rings. The Morgan fingerprint density at radius 3 is 1.91 bits per heavy atom. The van der Waals surface area contributed by atoms with E-state index in [1.54, 1.807) is 0 Å². The fourth-order valence-electron chi connectivity index (χ4n) is 7.96. The van der Waals surface area contributed by atoms with Crippen LogP contribution in [0.5, 0.6) is 0 Å². The molecular weight excluding hydrogens is 673 g/mol. The molecule has 0 bridgehead atoms. The largest absolute Gasteiger partial charge is 0.292 e. The number of aromatic nitrogens is 6. The average molecular weight is 703 g/mol. The van der Waals surface area contributed by atoms with Crippen LogP contribution in [0, 0.1) is 0 Å². The lowest BCUT2D eigenvalue weighted by Crippen LogP contribution is -1.99. The second kappa shape index (κ2) is 12.5. The maximum absolute atomic E-state index is 5.39. The van der Waals surface area contributed by atoms with Gasteiger partial charge in [0.2, 0.25) is 0 Å². The monoisotopic (exact) mass is 702 g/mol. The predicted octanol–water partition coefficient (Wildman–Crippen LogP) is 11.9. The number of hydrogen-bond donors (Lipinski definition) is 0. The van der Waals surface area contributed by atoms with Crippen LogP contribution in [0.15, 0.2) is 182 Å². The number of pyridine rings is 2. The molecule has 6 heteroatoms. The first-order valence-corrected chi connectivity index (χ1v) is 18.3. The maximum Gasteiger partial charge on any atom is 0.160 e. The van der Waals surface area contributed by atoms with Crippen LogP contribution in [-0.4, -0.2) is 29.5 Å². The van der Waals surface area contributed by atoms with Crippen molar-refractivity contribution >= 4 is 54.4 Å². The molecule has 0 spiro atoms. The zero-order valence-corrected chi connectivity index (χ0v) is 29.5. The van der Waals surface area contributed by atoms with Gasteiger partial charge >= 0.3 is 0 Å². The molecule has 0 fully saturated rings. The number of para-hydroxylation sites is 3. The van der Waals surface area contributed by atoms with Gasteiger partial charge in [0.05, 0.1) is 33.5 Å². The Labute approximate surface area is 316 Å². The van der Waals surface area contributed by atoms with Gasteiger partial charge in [-0.25, -0.2) is 15.0 Å². The molecule has 0 unspecified atom stereocenters. The van der Waals surface area contributed by atoms with Gasteiger partial charge in [0, 0.05) is 51.1 Å². The van der Waals surface area contributed by atoms with Crippen molar-refractivity contribution in [3.8, 4) is 51.0 Å². The fraction of sp³-hybridized carbons (Fsp3) is 0. The van der Waals surface area contributed by atoms with Crippen LogP contribution in [0.3, 0.4) is 0 Å². The Morgan fingerprint density at radius 2 is 1.04 bits per heavy atom. The molecule has 0 atom stereocenters. The fourth-order valence-corrected chi connectivity index (χ4v) is 7.96. The van der Waals surface area contributed by atoms with Gasteiger partial charge in [-0.05, 0) is 82.2 Å². The van der Waals surface area contributed by atoms with Gasteiger partial charge in [0.15, 0.2) is 5.82 Å². The van der Waals surface area contributed by atoms with E-state index in [0.717, 1.165) is 88.8 Å². The third-order valence-corrected chi connectivity index (χ3v) is 10.5. The highest BCUT2D eigenvalue weighted by atomic mass is 15.1. The summed E-state index contributed by atoms with van der Waals surface area (Å²) in [5, 5.41) is 6.68. The molecule has 0 saturated carbocycles. The summed E-state index contributed by atoms with van der Waals surface area (Å²) in [6.45, 7) is 0. The molecule has 4 aromatic heterocycles. The Morgan fingerprint density at radius 1 is 0.400 bits per heavy atom. The van der Waals surface area contributed by atoms with E-state index in [4.69, 9.17) is 24.9 Å². The van der Waals surface area contributed by atoms with Gasteiger partial charge in [-0.15, -0.1) is 0 Å². The number of imidazole rings is 1. The van der Waals surface area contributed by atoms with E-state index in [-0.39, 0.29) is 0 Å². The maximum atomic E-state index is 5.39. The van der Waals surface area contributed by atoms with Crippen LogP contribution < -0.4 is 0 Å². The quantitative estimate of drug-likeness (QED) is 0.167. The molecule has 11 rings (SSSR count). The van der Waals surface area contributed by atoms with Gasteiger partial charge in [-0.2, -0.15) is 0 Å². The van der Waals surface area contributed by atoms with E-state index >= 15 is 0 Å². The van der Waals surface area contributed by atoms with Crippen LogP contribution in [0.25, 0.3) is 105 Å². The molecule has 55 heavy (non-hydrogen) atoms. The third-order valence-electron chi connectivity index (χ3n) is 10.5. The van der Waals surface area contributed by atoms with E-state index in [9.17, 15) is 0 Å². The van der Waals surface area contributed by atoms with Gasteiger partial charge < -0.3 is 0 Å². The summed E-state index contributed by atoms with van der Waals surface area (Å²) in [4.78, 5) is 25.5. The molecule has 0 aliphatic carbocycles. The smallest absolute Gasteiger partial charge is 0.160 e. The van der Waals surface area contributed by atoms with Crippen molar-refractivity contribution in [2.24, 2.45) is 0 Å². The highest BCUT2D eigenvalue weighted by molar-refractivity contribution is 6.14. The first-order chi connectivity index (χ1) is 27.3. The van der Waals surface area contributed by atoms with Gasteiger partial charge in [-0.1, -0.05) is 109 Å². The predicted molar refractivity (Wildman–Crippen MR) is 224 cm³/mol. The minimum Gasteiger partial charge on any atom is -0.292 e. The number of benzene rings is 7. The standard InChI is InChI=1S/C49H30N6/c1-2-17-35(18-3-1)55-45-24-9-8-23-42(45)54-49(55)34-15-10-14-33(27-34)48-52-43(40-28-31-13-4-5-19-36(31)37-20-6-7-21-38(37)40)30-44(53-48)41-29-32-16-11-25-50-46(32)47-39(41)22-12-26-51-47/h1-30H. The lowest BCUT2D eigenvalue weighted by molar-refractivity contribution is 1.10. The first kappa shape index (κ1) is 31.0. The van der Waals surface area contributed by atoms with Gasteiger partial charge in [-0.3, -0.25) is 14.5 Å². The van der Waals surface area contributed by atoms with E-state index in [1.165, 1.54) is 10.8 Å². The Bertz CT molecular complexity index is 3140. The number of hydrogen-bond acceptors (Lipinski definition) is 5. The Hall–Kier alpha value is -7.57. The summed E-state index contributed by atoms with van der Waals surface area (Å²) in [5.41, 5.74) is 10.3. The molecule has 0 N–H and O–H groups in total. The molecular formula is C49H30N6. The molecule has 0 aliphatic rings. The highest BCUT2D eigenvalue weighted by Crippen LogP contribution is 2.39. The zero-order chi connectivity index (χ0) is 36.3. The molecule has 0 radical (unpaired) electrons. The number of rotatable bonds is 5. The molecule has 4 heterocycles. The summed E-state index contributed by atoms with van der Waals surface area (Å²) < 4.78 is 2.22. The van der Waals surface area contributed by atoms with E-state index in [1.807, 2.05) is 36.7 Å². The van der Waals surface area contributed by atoms with Gasteiger partial charge in [0.25, 0.3) is 0 Å². The summed E-state index contributed by atoms with van der Waals surface area (Å²) >= 11 is 0. The normalized spacial score (nSPS) is 11.6. The summed E-state index contributed by atoms with van der Waals surface area (Å²) in [5.74, 6) is 1.47. The SMILES string of the molecule is c1ccc(-n2c(-c3cccc(-c4nc(-c5cc6ccccc6c6ccccc56)cc(-c5cc6cccnc6c6ncccc56)n4)c3)nc3ccccc32)cc1. The lowest BCUT2D eigenvalue weighted by Gasteiger charge is -2.15. The van der Waals surface area contributed by atoms with Crippen LogP contribution in [0.2, 0.25) is 0 Å². The average Bonchev–Trinajstić information content (AvgIpc) is 3.66. The van der Waals surface area contributed by atoms with E-state index in [0.29, 0.717) is 5.82 Å². The van der Waals surface area contributed by atoms with Crippen molar-refractivity contribution in [2.45, 2.75) is 0 Å². The molecule has 256 valence electrons. The Balaban J connectivity index is 1.18. The highest BCUT2D eigenvalue weighted by Gasteiger charge is 2.19. The lowest BCUT2D eigenvalue weighted by atomic mass is 9.94. The third kappa shape index (κ3) is 5.15. The van der Waals surface area contributed by atoms with Crippen molar-refractivity contribution in [3.05, 3.63) is 182 Å². The molecule has 6 nitrogen and oxygen atoms in total. The molecule has 0 saturated heterocycles. The second-order valence-corrected chi connectivity index (χ2v) is 13.7. The van der Waals surface area contributed by atoms with Crippen molar-refractivity contribution in [3.63, 3.8) is 0 Å².